The first-order valence-corrected chi connectivity index (χ1v) is 9.87. The van der Waals surface area contributed by atoms with Gasteiger partial charge in [-0.25, -0.2) is 4.98 Å². The van der Waals surface area contributed by atoms with Gasteiger partial charge in [0, 0.05) is 31.9 Å². The number of aliphatic hydroxyl groups excluding tert-OH is 1. The van der Waals surface area contributed by atoms with Crippen LogP contribution in [0.1, 0.15) is 41.6 Å². The predicted octanol–water partition coefficient (Wildman–Crippen LogP) is 1.89. The van der Waals surface area contributed by atoms with E-state index in [0.29, 0.717) is 30.6 Å². The fraction of sp³-hybridized carbons (Fsp3) is 0.476. The summed E-state index contributed by atoms with van der Waals surface area (Å²) in [4.78, 5) is 30.9. The molecule has 1 saturated carbocycles. The molecular weight excluding hydrogens is 356 g/mol. The largest absolute Gasteiger partial charge is 0.391 e. The van der Waals surface area contributed by atoms with Gasteiger partial charge in [0.2, 0.25) is 5.91 Å². The highest BCUT2D eigenvalue weighted by Crippen LogP contribution is 2.30. The van der Waals surface area contributed by atoms with Crippen LogP contribution >= 0.6 is 0 Å². The van der Waals surface area contributed by atoms with Gasteiger partial charge in [-0.15, -0.1) is 0 Å². The number of hydrogen-bond donors (Lipinski definition) is 2. The van der Waals surface area contributed by atoms with Crippen molar-refractivity contribution in [2.24, 2.45) is 5.92 Å². The number of anilines is 1. The molecule has 7 heteroatoms. The van der Waals surface area contributed by atoms with E-state index < -0.39 is 6.10 Å². The van der Waals surface area contributed by atoms with Crippen LogP contribution in [0.15, 0.2) is 36.9 Å². The summed E-state index contributed by atoms with van der Waals surface area (Å²) in [6.45, 7) is 3.35. The molecule has 2 fully saturated rings. The average molecular weight is 382 g/mol. The van der Waals surface area contributed by atoms with E-state index in [4.69, 9.17) is 0 Å². The number of hydrogen-bond acceptors (Lipinski definition) is 4. The summed E-state index contributed by atoms with van der Waals surface area (Å²) in [7, 11) is 0. The van der Waals surface area contributed by atoms with Crippen LogP contribution in [0.4, 0.5) is 5.69 Å². The van der Waals surface area contributed by atoms with E-state index in [0.717, 1.165) is 24.9 Å². The second kappa shape index (κ2) is 7.75. The molecule has 2 aromatic rings. The van der Waals surface area contributed by atoms with Gasteiger partial charge in [0.15, 0.2) is 0 Å². The van der Waals surface area contributed by atoms with Crippen molar-refractivity contribution in [1.82, 2.24) is 14.9 Å². The molecule has 2 heterocycles. The molecule has 2 aliphatic rings. The Balaban J connectivity index is 1.47. The molecule has 3 atom stereocenters. The first-order chi connectivity index (χ1) is 13.5. The lowest BCUT2D eigenvalue weighted by atomic mass is 10.1. The van der Waals surface area contributed by atoms with Crippen molar-refractivity contribution in [3.8, 4) is 0 Å². The average Bonchev–Trinajstić information content (AvgIpc) is 3.39. The third-order valence-electron chi connectivity index (χ3n) is 5.73. The SMILES string of the molecule is Cc1ccc(N2CCCC2=O)c(C(=O)N[C@@H]2CC(Cn3ccnc3)C[C@H]2O)c1. The number of carbonyl (C=O) groups is 2. The number of nitrogens with one attached hydrogen (secondary N) is 1. The Kier molecular flexibility index (Phi) is 5.17. The summed E-state index contributed by atoms with van der Waals surface area (Å²) in [5.74, 6) is 0.108. The maximum atomic E-state index is 13.0. The van der Waals surface area contributed by atoms with E-state index in [-0.39, 0.29) is 23.8 Å². The van der Waals surface area contributed by atoms with Gasteiger partial charge in [-0.05, 0) is 44.2 Å². The number of rotatable bonds is 5. The van der Waals surface area contributed by atoms with E-state index in [9.17, 15) is 14.7 Å². The van der Waals surface area contributed by atoms with Crippen molar-refractivity contribution in [3.63, 3.8) is 0 Å². The summed E-state index contributed by atoms with van der Waals surface area (Å²) >= 11 is 0. The van der Waals surface area contributed by atoms with Crippen molar-refractivity contribution >= 4 is 17.5 Å². The molecule has 1 unspecified atom stereocenters. The summed E-state index contributed by atoms with van der Waals surface area (Å²) in [6, 6.07) is 5.30. The zero-order valence-electron chi connectivity index (χ0n) is 16.0. The molecular formula is C21H26N4O3. The zero-order valence-corrected chi connectivity index (χ0v) is 16.0. The van der Waals surface area contributed by atoms with Crippen LogP contribution < -0.4 is 10.2 Å². The van der Waals surface area contributed by atoms with Crippen LogP contribution in [-0.4, -0.2) is 45.2 Å². The Morgan fingerprint density at radius 2 is 2.21 bits per heavy atom. The second-order valence-corrected chi connectivity index (χ2v) is 7.91. The summed E-state index contributed by atoms with van der Waals surface area (Å²) in [6.07, 6.45) is 7.54. The van der Waals surface area contributed by atoms with Gasteiger partial charge in [0.1, 0.15) is 0 Å². The topological polar surface area (TPSA) is 87.5 Å². The minimum Gasteiger partial charge on any atom is -0.391 e. The van der Waals surface area contributed by atoms with E-state index >= 15 is 0 Å². The standard InChI is InChI=1S/C21H26N4O3/c1-14-4-5-18(25-7-2-3-20(25)27)16(9-14)21(28)23-17-10-15(11-19(17)26)12-24-8-6-22-13-24/h4-6,8-9,13,15,17,19,26H,2-3,7,10-12H2,1H3,(H,23,28)/t15?,17-,19-/m1/s1. The van der Waals surface area contributed by atoms with E-state index in [2.05, 4.69) is 10.3 Å². The van der Waals surface area contributed by atoms with Crippen molar-refractivity contribution in [2.45, 2.75) is 51.3 Å². The molecule has 1 aliphatic heterocycles. The number of aryl methyl sites for hydroxylation is 1. The summed E-state index contributed by atoms with van der Waals surface area (Å²) < 4.78 is 2.00. The lowest BCUT2D eigenvalue weighted by Crippen LogP contribution is -2.40. The molecule has 2 N–H and O–H groups in total. The molecule has 1 saturated heterocycles. The Morgan fingerprint density at radius 1 is 1.36 bits per heavy atom. The predicted molar refractivity (Wildman–Crippen MR) is 105 cm³/mol. The minimum absolute atomic E-state index is 0.0548. The fourth-order valence-electron chi connectivity index (χ4n) is 4.33. The molecule has 0 spiro atoms. The Morgan fingerprint density at radius 3 is 2.93 bits per heavy atom. The number of nitrogens with zero attached hydrogens (tertiary/aromatic N) is 3. The normalized spacial score (nSPS) is 24.7. The maximum Gasteiger partial charge on any atom is 0.253 e. The highest BCUT2D eigenvalue weighted by molar-refractivity contribution is 6.05. The maximum absolute atomic E-state index is 13.0. The van der Waals surface area contributed by atoms with Crippen LogP contribution in [0.2, 0.25) is 0 Å². The monoisotopic (exact) mass is 382 g/mol. The molecule has 4 rings (SSSR count). The number of benzene rings is 1. The zero-order chi connectivity index (χ0) is 19.7. The number of amides is 2. The van der Waals surface area contributed by atoms with Crippen LogP contribution in [0.3, 0.4) is 0 Å². The summed E-state index contributed by atoms with van der Waals surface area (Å²) in [5.41, 5.74) is 2.12. The van der Waals surface area contributed by atoms with E-state index in [1.54, 1.807) is 17.4 Å². The van der Waals surface area contributed by atoms with Crippen molar-refractivity contribution in [3.05, 3.63) is 48.0 Å². The first kappa shape index (κ1) is 18.7. The minimum atomic E-state index is -0.570. The van der Waals surface area contributed by atoms with Gasteiger partial charge in [-0.2, -0.15) is 0 Å². The van der Waals surface area contributed by atoms with Crippen molar-refractivity contribution in [1.29, 1.82) is 0 Å². The van der Waals surface area contributed by atoms with E-state index in [1.165, 1.54) is 0 Å². The van der Waals surface area contributed by atoms with Crippen LogP contribution in [0.25, 0.3) is 0 Å². The fourth-order valence-corrected chi connectivity index (χ4v) is 4.33. The Hall–Kier alpha value is -2.67. The van der Waals surface area contributed by atoms with Gasteiger partial charge in [-0.1, -0.05) is 11.6 Å². The molecule has 148 valence electrons. The van der Waals surface area contributed by atoms with Crippen LogP contribution in [0, 0.1) is 12.8 Å². The number of aromatic nitrogens is 2. The van der Waals surface area contributed by atoms with Gasteiger partial charge in [0.25, 0.3) is 5.91 Å². The molecule has 1 aliphatic carbocycles. The van der Waals surface area contributed by atoms with Gasteiger partial charge < -0.3 is 19.9 Å². The molecule has 0 bridgehead atoms. The third-order valence-corrected chi connectivity index (χ3v) is 5.73. The molecule has 1 aromatic heterocycles. The highest BCUT2D eigenvalue weighted by atomic mass is 16.3. The number of aliphatic hydroxyl groups is 1. The summed E-state index contributed by atoms with van der Waals surface area (Å²) in [5, 5.41) is 13.5. The van der Waals surface area contributed by atoms with Crippen LogP contribution in [0.5, 0.6) is 0 Å². The quantitative estimate of drug-likeness (QED) is 0.827. The van der Waals surface area contributed by atoms with Crippen LogP contribution in [-0.2, 0) is 11.3 Å². The number of imidazole rings is 1. The molecule has 0 radical (unpaired) electrons. The van der Waals surface area contributed by atoms with E-state index in [1.807, 2.05) is 35.9 Å². The Labute approximate surface area is 164 Å². The van der Waals surface area contributed by atoms with Gasteiger partial charge in [-0.3, -0.25) is 9.59 Å². The lowest BCUT2D eigenvalue weighted by molar-refractivity contribution is -0.117. The van der Waals surface area contributed by atoms with Gasteiger partial charge in [0.05, 0.1) is 29.7 Å². The lowest BCUT2D eigenvalue weighted by Gasteiger charge is -2.22. The number of carbonyl (C=O) groups excluding carboxylic acids is 2. The Bertz CT molecular complexity index is 865. The molecule has 28 heavy (non-hydrogen) atoms. The highest BCUT2D eigenvalue weighted by Gasteiger charge is 2.35. The molecule has 1 aromatic carbocycles. The third kappa shape index (κ3) is 3.80. The second-order valence-electron chi connectivity index (χ2n) is 7.91. The van der Waals surface area contributed by atoms with Gasteiger partial charge >= 0.3 is 0 Å². The first-order valence-electron chi connectivity index (χ1n) is 9.87. The molecule has 2 amide bonds. The smallest absolute Gasteiger partial charge is 0.253 e. The van der Waals surface area contributed by atoms with Crippen molar-refractivity contribution in [2.75, 3.05) is 11.4 Å². The van der Waals surface area contributed by atoms with Crippen molar-refractivity contribution < 1.29 is 14.7 Å². The molecule has 7 nitrogen and oxygen atoms in total.